The number of ether oxygens (including phenoxy) is 1. The van der Waals surface area contributed by atoms with Crippen LogP contribution >= 0.6 is 15.9 Å². The first kappa shape index (κ1) is 15.6. The molecule has 104 valence electrons. The quantitative estimate of drug-likeness (QED) is 0.492. The minimum atomic E-state index is -0.456. The summed E-state index contributed by atoms with van der Waals surface area (Å²) in [6.45, 7) is 4.11. The van der Waals surface area contributed by atoms with Gasteiger partial charge in [-0.05, 0) is 41.4 Å². The van der Waals surface area contributed by atoms with Crippen LogP contribution in [-0.4, -0.2) is 23.5 Å². The third-order valence-corrected chi connectivity index (χ3v) is 3.13. The molecule has 1 aromatic carbocycles. The average Bonchev–Trinajstić information content (AvgIpc) is 2.37. The lowest BCUT2D eigenvalue weighted by Gasteiger charge is -2.12. The zero-order valence-corrected chi connectivity index (χ0v) is 12.3. The van der Waals surface area contributed by atoms with E-state index in [2.05, 4.69) is 21.2 Å². The smallest absolute Gasteiger partial charge is 0.322 e. The molecule has 0 saturated heterocycles. The highest BCUT2D eigenvalue weighted by Crippen LogP contribution is 2.25. The molecule has 0 spiro atoms. The maximum Gasteiger partial charge on any atom is 0.322 e. The number of nitro groups is 1. The van der Waals surface area contributed by atoms with Gasteiger partial charge in [-0.15, -0.1) is 0 Å². The second-order valence-corrected chi connectivity index (χ2v) is 4.75. The van der Waals surface area contributed by atoms with Crippen molar-refractivity contribution in [2.75, 3.05) is 6.61 Å². The number of esters is 1. The van der Waals surface area contributed by atoms with Crippen LogP contribution in [0.3, 0.4) is 0 Å². The Labute approximate surface area is 119 Å². The fourth-order valence-corrected chi connectivity index (χ4v) is 1.82. The van der Waals surface area contributed by atoms with Gasteiger partial charge in [0.1, 0.15) is 6.04 Å². The summed E-state index contributed by atoms with van der Waals surface area (Å²) < 4.78 is 5.29. The first-order valence-electron chi connectivity index (χ1n) is 5.78. The van der Waals surface area contributed by atoms with Crippen LogP contribution in [-0.2, 0) is 16.1 Å². The van der Waals surface area contributed by atoms with Crippen molar-refractivity contribution in [3.8, 4) is 0 Å². The summed E-state index contributed by atoms with van der Waals surface area (Å²) >= 11 is 3.12. The summed E-state index contributed by atoms with van der Waals surface area (Å²) in [4.78, 5) is 21.7. The van der Waals surface area contributed by atoms with E-state index >= 15 is 0 Å². The van der Waals surface area contributed by atoms with Gasteiger partial charge in [-0.3, -0.25) is 14.9 Å². The number of nitrogens with one attached hydrogen (secondary N) is 1. The van der Waals surface area contributed by atoms with E-state index in [0.29, 0.717) is 17.6 Å². The Bertz CT molecular complexity index is 479. The number of hydrogen-bond acceptors (Lipinski definition) is 5. The Morgan fingerprint density at radius 3 is 2.84 bits per heavy atom. The zero-order chi connectivity index (χ0) is 14.4. The van der Waals surface area contributed by atoms with Crippen LogP contribution in [0.1, 0.15) is 19.4 Å². The highest BCUT2D eigenvalue weighted by atomic mass is 79.9. The highest BCUT2D eigenvalue weighted by Gasteiger charge is 2.15. The van der Waals surface area contributed by atoms with Crippen molar-refractivity contribution in [1.82, 2.24) is 5.32 Å². The first-order chi connectivity index (χ1) is 8.95. The first-order valence-corrected chi connectivity index (χ1v) is 6.57. The molecule has 0 amide bonds. The molecule has 19 heavy (non-hydrogen) atoms. The van der Waals surface area contributed by atoms with E-state index in [1.54, 1.807) is 26.0 Å². The second kappa shape index (κ2) is 7.20. The van der Waals surface area contributed by atoms with Gasteiger partial charge in [0.2, 0.25) is 0 Å². The minimum Gasteiger partial charge on any atom is -0.465 e. The van der Waals surface area contributed by atoms with Gasteiger partial charge >= 0.3 is 5.97 Å². The van der Waals surface area contributed by atoms with Gasteiger partial charge in [-0.2, -0.15) is 0 Å². The van der Waals surface area contributed by atoms with Crippen LogP contribution in [0.4, 0.5) is 5.69 Å². The molecule has 0 aliphatic heterocycles. The van der Waals surface area contributed by atoms with Crippen molar-refractivity contribution in [2.45, 2.75) is 26.4 Å². The second-order valence-electron chi connectivity index (χ2n) is 3.90. The Kier molecular flexibility index (Phi) is 5.91. The molecule has 6 nitrogen and oxygen atoms in total. The Morgan fingerprint density at radius 1 is 1.58 bits per heavy atom. The molecular weight excluding hydrogens is 316 g/mol. The largest absolute Gasteiger partial charge is 0.465 e. The summed E-state index contributed by atoms with van der Waals surface area (Å²) in [5.74, 6) is -0.339. The number of hydrogen-bond donors (Lipinski definition) is 1. The molecule has 1 rings (SSSR count). The number of nitrogens with zero attached hydrogens (tertiary/aromatic N) is 1. The molecule has 1 aromatic rings. The number of carbonyl (C=O) groups is 1. The van der Waals surface area contributed by atoms with Crippen LogP contribution < -0.4 is 5.32 Å². The summed E-state index contributed by atoms with van der Waals surface area (Å²) in [5.41, 5.74) is 0.731. The number of rotatable bonds is 6. The third kappa shape index (κ3) is 4.60. The number of nitro benzene ring substituents is 1. The lowest BCUT2D eigenvalue weighted by molar-refractivity contribution is -0.385. The highest BCUT2D eigenvalue weighted by molar-refractivity contribution is 9.10. The molecule has 0 aromatic heterocycles. The molecule has 7 heteroatoms. The SMILES string of the molecule is CCOC(=O)C(C)NCc1ccc(Br)c([N+](=O)[O-])c1. The van der Waals surface area contributed by atoms with E-state index in [9.17, 15) is 14.9 Å². The van der Waals surface area contributed by atoms with E-state index < -0.39 is 11.0 Å². The van der Waals surface area contributed by atoms with Gasteiger partial charge in [-0.25, -0.2) is 0 Å². The summed E-state index contributed by atoms with van der Waals surface area (Å²) in [6.07, 6.45) is 0. The maximum atomic E-state index is 11.4. The van der Waals surface area contributed by atoms with Crippen LogP contribution in [0.25, 0.3) is 0 Å². The van der Waals surface area contributed by atoms with Crippen LogP contribution in [0.2, 0.25) is 0 Å². The van der Waals surface area contributed by atoms with E-state index in [-0.39, 0.29) is 11.7 Å². The minimum absolute atomic E-state index is 0.00286. The van der Waals surface area contributed by atoms with Gasteiger partial charge in [0.25, 0.3) is 5.69 Å². The summed E-state index contributed by atoms with van der Waals surface area (Å²) in [5, 5.41) is 13.7. The topological polar surface area (TPSA) is 81.5 Å². The average molecular weight is 331 g/mol. The predicted molar refractivity (Wildman–Crippen MR) is 73.7 cm³/mol. The van der Waals surface area contributed by atoms with Crippen molar-refractivity contribution in [3.63, 3.8) is 0 Å². The van der Waals surface area contributed by atoms with Gasteiger partial charge in [0.15, 0.2) is 0 Å². The third-order valence-electron chi connectivity index (χ3n) is 2.46. The van der Waals surface area contributed by atoms with Crippen molar-refractivity contribution < 1.29 is 14.5 Å². The Morgan fingerprint density at radius 2 is 2.26 bits per heavy atom. The predicted octanol–water partition coefficient (Wildman–Crippen LogP) is 2.40. The molecule has 0 bridgehead atoms. The summed E-state index contributed by atoms with van der Waals surface area (Å²) in [6, 6.07) is 4.38. The van der Waals surface area contributed by atoms with E-state index in [0.717, 1.165) is 5.56 Å². The molecule has 0 radical (unpaired) electrons. The molecule has 0 heterocycles. The van der Waals surface area contributed by atoms with Gasteiger partial charge in [0, 0.05) is 12.6 Å². The molecule has 0 saturated carbocycles. The van der Waals surface area contributed by atoms with Crippen LogP contribution in [0.5, 0.6) is 0 Å². The molecule has 1 atom stereocenters. The van der Waals surface area contributed by atoms with Crippen LogP contribution in [0.15, 0.2) is 22.7 Å². The number of carbonyl (C=O) groups excluding carboxylic acids is 1. The van der Waals surface area contributed by atoms with Gasteiger partial charge < -0.3 is 10.1 Å². The molecule has 0 aliphatic rings. The molecule has 0 aliphatic carbocycles. The normalized spacial score (nSPS) is 11.9. The Hall–Kier alpha value is -1.47. The Balaban J connectivity index is 2.66. The maximum absolute atomic E-state index is 11.4. The fraction of sp³-hybridized carbons (Fsp3) is 0.417. The van der Waals surface area contributed by atoms with Gasteiger partial charge in [0.05, 0.1) is 16.0 Å². The van der Waals surface area contributed by atoms with E-state index in [1.165, 1.54) is 6.07 Å². The van der Waals surface area contributed by atoms with Gasteiger partial charge in [-0.1, -0.05) is 6.07 Å². The fourth-order valence-electron chi connectivity index (χ4n) is 1.43. The van der Waals surface area contributed by atoms with E-state index in [4.69, 9.17) is 4.74 Å². The monoisotopic (exact) mass is 330 g/mol. The van der Waals surface area contributed by atoms with E-state index in [1.807, 2.05) is 0 Å². The number of halogens is 1. The lowest BCUT2D eigenvalue weighted by atomic mass is 10.2. The van der Waals surface area contributed by atoms with Crippen LogP contribution in [0, 0.1) is 10.1 Å². The standard InChI is InChI=1S/C12H15BrN2O4/c1-3-19-12(16)8(2)14-7-9-4-5-10(13)11(6-9)15(17)18/h4-6,8,14H,3,7H2,1-2H3. The van der Waals surface area contributed by atoms with Crippen molar-refractivity contribution in [3.05, 3.63) is 38.3 Å². The van der Waals surface area contributed by atoms with Crippen molar-refractivity contribution >= 4 is 27.6 Å². The van der Waals surface area contributed by atoms with Crippen molar-refractivity contribution in [1.29, 1.82) is 0 Å². The molecular formula is C12H15BrN2O4. The molecule has 1 N–H and O–H groups in total. The summed E-state index contributed by atoms with van der Waals surface area (Å²) in [7, 11) is 0. The lowest BCUT2D eigenvalue weighted by Crippen LogP contribution is -2.34. The molecule has 1 unspecified atom stereocenters. The van der Waals surface area contributed by atoms with Crippen molar-refractivity contribution in [2.24, 2.45) is 0 Å². The molecule has 0 fully saturated rings. The zero-order valence-electron chi connectivity index (χ0n) is 10.7. The number of benzene rings is 1.